The van der Waals surface area contributed by atoms with E-state index in [9.17, 15) is 0 Å². The number of hydrogen-bond acceptors (Lipinski definition) is 3. The Hall–Kier alpha value is -0.510. The van der Waals surface area contributed by atoms with Gasteiger partial charge in [0.05, 0.1) is 0 Å². The Labute approximate surface area is 132 Å². The SMILES string of the molecule is c1ccc2c(c1)SCC2CN1CCCCC1C1CCCN1. The maximum atomic E-state index is 3.75. The fourth-order valence-corrected chi connectivity index (χ4v) is 5.64. The number of piperidine rings is 1. The van der Waals surface area contributed by atoms with Crippen LogP contribution in [0.15, 0.2) is 29.2 Å². The van der Waals surface area contributed by atoms with Crippen LogP contribution in [0.1, 0.15) is 43.6 Å². The molecule has 2 saturated heterocycles. The van der Waals surface area contributed by atoms with Crippen molar-refractivity contribution < 1.29 is 0 Å². The second-order valence-corrected chi connectivity index (χ2v) is 7.87. The fraction of sp³-hybridized carbons (Fsp3) is 0.667. The summed E-state index contributed by atoms with van der Waals surface area (Å²) >= 11 is 2.06. The molecular weight excluding hydrogens is 276 g/mol. The van der Waals surface area contributed by atoms with Gasteiger partial charge < -0.3 is 5.32 Å². The molecule has 0 spiro atoms. The number of fused-ring (bicyclic) bond motifs is 1. The van der Waals surface area contributed by atoms with Crippen LogP contribution in [0.5, 0.6) is 0 Å². The Morgan fingerprint density at radius 1 is 1.14 bits per heavy atom. The number of benzene rings is 1. The van der Waals surface area contributed by atoms with E-state index in [2.05, 4.69) is 46.2 Å². The second-order valence-electron chi connectivity index (χ2n) is 6.81. The smallest absolute Gasteiger partial charge is 0.0249 e. The van der Waals surface area contributed by atoms with E-state index in [4.69, 9.17) is 0 Å². The minimum Gasteiger partial charge on any atom is -0.312 e. The summed E-state index contributed by atoms with van der Waals surface area (Å²) in [7, 11) is 0. The van der Waals surface area contributed by atoms with Gasteiger partial charge in [-0.2, -0.15) is 0 Å². The van der Waals surface area contributed by atoms with Crippen LogP contribution >= 0.6 is 11.8 Å². The van der Waals surface area contributed by atoms with E-state index < -0.39 is 0 Å². The first-order valence-electron chi connectivity index (χ1n) is 8.61. The maximum absolute atomic E-state index is 3.75. The molecule has 2 fully saturated rings. The summed E-state index contributed by atoms with van der Waals surface area (Å²) < 4.78 is 0. The number of rotatable bonds is 3. The molecule has 1 aromatic carbocycles. The second kappa shape index (κ2) is 6.31. The highest BCUT2D eigenvalue weighted by atomic mass is 32.2. The van der Waals surface area contributed by atoms with Crippen molar-refractivity contribution in [3.63, 3.8) is 0 Å². The lowest BCUT2D eigenvalue weighted by Gasteiger charge is -2.40. The lowest BCUT2D eigenvalue weighted by Crippen LogP contribution is -2.51. The molecule has 114 valence electrons. The van der Waals surface area contributed by atoms with Crippen LogP contribution < -0.4 is 5.32 Å². The molecular formula is C18H26N2S. The van der Waals surface area contributed by atoms with Crippen molar-refractivity contribution >= 4 is 11.8 Å². The van der Waals surface area contributed by atoms with Crippen LogP contribution in [0.2, 0.25) is 0 Å². The third kappa shape index (κ3) is 2.88. The van der Waals surface area contributed by atoms with Crippen LogP contribution in [0.25, 0.3) is 0 Å². The Balaban J connectivity index is 1.47. The van der Waals surface area contributed by atoms with Crippen LogP contribution in [-0.2, 0) is 0 Å². The molecule has 4 rings (SSSR count). The average molecular weight is 302 g/mol. The van der Waals surface area contributed by atoms with Crippen molar-refractivity contribution in [1.29, 1.82) is 0 Å². The lowest BCUT2D eigenvalue weighted by molar-refractivity contribution is 0.115. The van der Waals surface area contributed by atoms with Gasteiger partial charge in [0.1, 0.15) is 0 Å². The molecule has 3 aliphatic heterocycles. The molecule has 3 aliphatic rings. The van der Waals surface area contributed by atoms with E-state index in [1.807, 2.05) is 0 Å². The number of nitrogens with one attached hydrogen (secondary N) is 1. The third-order valence-electron chi connectivity index (χ3n) is 5.48. The largest absolute Gasteiger partial charge is 0.312 e. The third-order valence-corrected chi connectivity index (χ3v) is 6.73. The summed E-state index contributed by atoms with van der Waals surface area (Å²) in [5.74, 6) is 2.02. The summed E-state index contributed by atoms with van der Waals surface area (Å²) in [4.78, 5) is 4.34. The summed E-state index contributed by atoms with van der Waals surface area (Å²) in [5, 5.41) is 3.75. The zero-order chi connectivity index (χ0) is 14.1. The van der Waals surface area contributed by atoms with Crippen molar-refractivity contribution in [3.05, 3.63) is 29.8 Å². The van der Waals surface area contributed by atoms with E-state index in [1.54, 1.807) is 5.56 Å². The molecule has 2 nitrogen and oxygen atoms in total. The van der Waals surface area contributed by atoms with Crippen LogP contribution in [0, 0.1) is 0 Å². The summed E-state index contributed by atoms with van der Waals surface area (Å²) in [5.41, 5.74) is 1.60. The van der Waals surface area contributed by atoms with Gasteiger partial charge in [-0.1, -0.05) is 24.6 Å². The molecule has 0 amide bonds. The van der Waals surface area contributed by atoms with Gasteiger partial charge in [0.15, 0.2) is 0 Å². The summed E-state index contributed by atoms with van der Waals surface area (Å²) in [6.07, 6.45) is 6.98. The predicted molar refractivity (Wildman–Crippen MR) is 90.1 cm³/mol. The van der Waals surface area contributed by atoms with Gasteiger partial charge >= 0.3 is 0 Å². The standard InChI is InChI=1S/C18H26N2S/c1-2-9-18-15(6-1)14(13-21-18)12-20-11-4-3-8-17(20)16-7-5-10-19-16/h1-2,6,9,14,16-17,19H,3-5,7-8,10-13H2. The molecule has 3 unspecified atom stereocenters. The van der Waals surface area contributed by atoms with Gasteiger partial charge in [-0.3, -0.25) is 4.90 Å². The van der Waals surface area contributed by atoms with Gasteiger partial charge in [0.2, 0.25) is 0 Å². The lowest BCUT2D eigenvalue weighted by atomic mass is 9.92. The molecule has 1 aromatic rings. The Morgan fingerprint density at radius 3 is 3.00 bits per heavy atom. The topological polar surface area (TPSA) is 15.3 Å². The van der Waals surface area contributed by atoms with Gasteiger partial charge in [-0.25, -0.2) is 0 Å². The van der Waals surface area contributed by atoms with Crippen molar-refractivity contribution in [2.24, 2.45) is 0 Å². The maximum Gasteiger partial charge on any atom is 0.0249 e. The first kappa shape index (κ1) is 14.1. The highest BCUT2D eigenvalue weighted by molar-refractivity contribution is 7.99. The molecule has 3 atom stereocenters. The Morgan fingerprint density at radius 2 is 2.10 bits per heavy atom. The van der Waals surface area contributed by atoms with E-state index in [1.165, 1.54) is 62.4 Å². The molecule has 0 aromatic heterocycles. The Kier molecular flexibility index (Phi) is 4.24. The van der Waals surface area contributed by atoms with Gasteiger partial charge in [0, 0.05) is 35.2 Å². The average Bonchev–Trinajstić information content (AvgIpc) is 3.18. The summed E-state index contributed by atoms with van der Waals surface area (Å²) in [6, 6.07) is 10.6. The van der Waals surface area contributed by atoms with E-state index in [-0.39, 0.29) is 0 Å². The number of thioether (sulfide) groups is 1. The molecule has 21 heavy (non-hydrogen) atoms. The first-order valence-corrected chi connectivity index (χ1v) is 9.59. The molecule has 0 aliphatic carbocycles. The molecule has 0 bridgehead atoms. The van der Waals surface area contributed by atoms with E-state index in [0.717, 1.165) is 18.0 Å². The minimum absolute atomic E-state index is 0.744. The highest BCUT2D eigenvalue weighted by Gasteiger charge is 2.34. The molecule has 0 saturated carbocycles. The monoisotopic (exact) mass is 302 g/mol. The first-order chi connectivity index (χ1) is 10.4. The van der Waals surface area contributed by atoms with Gasteiger partial charge in [-0.15, -0.1) is 11.8 Å². The molecule has 3 heterocycles. The van der Waals surface area contributed by atoms with E-state index >= 15 is 0 Å². The number of likely N-dealkylation sites (tertiary alicyclic amines) is 1. The van der Waals surface area contributed by atoms with Crippen molar-refractivity contribution in [1.82, 2.24) is 10.2 Å². The zero-order valence-corrected chi connectivity index (χ0v) is 13.6. The van der Waals surface area contributed by atoms with Gasteiger partial charge in [-0.05, 0) is 50.4 Å². The number of nitrogens with zero attached hydrogens (tertiary/aromatic N) is 1. The fourth-order valence-electron chi connectivity index (χ4n) is 4.40. The highest BCUT2D eigenvalue weighted by Crippen LogP contribution is 2.40. The van der Waals surface area contributed by atoms with Gasteiger partial charge in [0.25, 0.3) is 0 Å². The number of hydrogen-bond donors (Lipinski definition) is 1. The van der Waals surface area contributed by atoms with Crippen molar-refractivity contribution in [3.8, 4) is 0 Å². The normalized spacial score (nSPS) is 33.2. The minimum atomic E-state index is 0.744. The zero-order valence-electron chi connectivity index (χ0n) is 12.8. The van der Waals surface area contributed by atoms with Crippen LogP contribution in [0.4, 0.5) is 0 Å². The Bertz CT molecular complexity index is 484. The van der Waals surface area contributed by atoms with Crippen LogP contribution in [-0.4, -0.2) is 42.4 Å². The summed E-state index contributed by atoms with van der Waals surface area (Å²) in [6.45, 7) is 3.82. The molecule has 1 N–H and O–H groups in total. The van der Waals surface area contributed by atoms with E-state index in [0.29, 0.717) is 0 Å². The quantitative estimate of drug-likeness (QED) is 0.920. The van der Waals surface area contributed by atoms with Crippen molar-refractivity contribution in [2.45, 2.75) is 55.0 Å². The predicted octanol–water partition coefficient (Wildman–Crippen LogP) is 3.48. The molecule has 3 heteroatoms. The van der Waals surface area contributed by atoms with Crippen LogP contribution in [0.3, 0.4) is 0 Å². The molecule has 0 radical (unpaired) electrons. The van der Waals surface area contributed by atoms with Crippen molar-refractivity contribution in [2.75, 3.05) is 25.4 Å².